The van der Waals surface area contributed by atoms with Gasteiger partial charge in [-0.1, -0.05) is 43.5 Å². The molecule has 0 atom stereocenters. The van der Waals surface area contributed by atoms with Gasteiger partial charge in [0, 0.05) is 24.3 Å². The molecule has 5 heteroatoms. The third-order valence-corrected chi connectivity index (χ3v) is 6.57. The van der Waals surface area contributed by atoms with Gasteiger partial charge in [-0.25, -0.2) is 9.67 Å². The number of hydrogen-bond acceptors (Lipinski definition) is 4. The zero-order chi connectivity index (χ0) is 21.2. The van der Waals surface area contributed by atoms with E-state index < -0.39 is 0 Å². The lowest BCUT2D eigenvalue weighted by Gasteiger charge is -2.22. The van der Waals surface area contributed by atoms with Crippen LogP contribution in [0.3, 0.4) is 0 Å². The molecule has 2 aromatic heterocycles. The van der Waals surface area contributed by atoms with Crippen molar-refractivity contribution >= 4 is 16.7 Å². The number of anilines is 1. The van der Waals surface area contributed by atoms with Gasteiger partial charge in [-0.3, -0.25) is 0 Å². The molecule has 1 N–H and O–H groups in total. The van der Waals surface area contributed by atoms with Gasteiger partial charge in [0.1, 0.15) is 5.82 Å². The van der Waals surface area contributed by atoms with Crippen LogP contribution in [0.1, 0.15) is 60.3 Å². The molecule has 0 saturated heterocycles. The van der Waals surface area contributed by atoms with Crippen molar-refractivity contribution in [2.45, 2.75) is 58.4 Å². The van der Waals surface area contributed by atoms with Gasteiger partial charge in [0.15, 0.2) is 0 Å². The molecule has 1 aliphatic carbocycles. The number of aryl methyl sites for hydroxylation is 2. The predicted octanol–water partition coefficient (Wildman–Crippen LogP) is 6.09. The minimum atomic E-state index is 0.590. The molecule has 1 aliphatic rings. The molecule has 158 valence electrons. The SMILES string of the molecule is Cc1cccc(C)c1CNc1nc(-n2cccn2)nc2ccc(C3CCCCC3)cc12. The van der Waals surface area contributed by atoms with Crippen molar-refractivity contribution in [1.82, 2.24) is 19.7 Å². The Balaban J connectivity index is 1.56. The van der Waals surface area contributed by atoms with Crippen LogP contribution in [0.4, 0.5) is 5.82 Å². The van der Waals surface area contributed by atoms with Crippen LogP contribution in [0.2, 0.25) is 0 Å². The van der Waals surface area contributed by atoms with E-state index in [-0.39, 0.29) is 0 Å². The topological polar surface area (TPSA) is 55.6 Å². The monoisotopic (exact) mass is 411 g/mol. The highest BCUT2D eigenvalue weighted by Crippen LogP contribution is 2.35. The highest BCUT2D eigenvalue weighted by molar-refractivity contribution is 5.90. The van der Waals surface area contributed by atoms with Crippen LogP contribution in [0.5, 0.6) is 0 Å². The molecule has 0 radical (unpaired) electrons. The van der Waals surface area contributed by atoms with Gasteiger partial charge in [-0.2, -0.15) is 10.1 Å². The van der Waals surface area contributed by atoms with Gasteiger partial charge in [-0.05, 0) is 73.1 Å². The van der Waals surface area contributed by atoms with Crippen molar-refractivity contribution in [3.63, 3.8) is 0 Å². The second-order valence-corrected chi connectivity index (χ2v) is 8.66. The number of rotatable bonds is 5. The average Bonchev–Trinajstić information content (AvgIpc) is 3.34. The zero-order valence-corrected chi connectivity index (χ0v) is 18.3. The van der Waals surface area contributed by atoms with E-state index in [2.05, 4.69) is 60.7 Å². The lowest BCUT2D eigenvalue weighted by Crippen LogP contribution is -2.10. The highest BCUT2D eigenvalue weighted by Gasteiger charge is 2.18. The number of aromatic nitrogens is 4. The first-order valence-corrected chi connectivity index (χ1v) is 11.3. The molecule has 0 aliphatic heterocycles. The number of nitrogens with zero attached hydrogens (tertiary/aromatic N) is 4. The standard InChI is InChI=1S/C26H29N5/c1-18-8-6-9-19(2)23(18)17-27-25-22-16-21(20-10-4-3-5-11-20)12-13-24(22)29-26(30-25)31-15-7-14-28-31/h6-9,12-16,20H,3-5,10-11,17H2,1-2H3,(H,27,29,30). The van der Waals surface area contributed by atoms with Crippen LogP contribution in [0, 0.1) is 13.8 Å². The first-order valence-electron chi connectivity index (χ1n) is 11.3. The molecule has 2 heterocycles. The van der Waals surface area contributed by atoms with Gasteiger partial charge in [0.25, 0.3) is 5.95 Å². The number of hydrogen-bond donors (Lipinski definition) is 1. The second kappa shape index (κ2) is 8.50. The summed E-state index contributed by atoms with van der Waals surface area (Å²) in [4.78, 5) is 9.69. The fraction of sp³-hybridized carbons (Fsp3) is 0.346. The molecule has 5 nitrogen and oxygen atoms in total. The first-order chi connectivity index (χ1) is 15.2. The van der Waals surface area contributed by atoms with Crippen molar-refractivity contribution in [2.75, 3.05) is 5.32 Å². The van der Waals surface area contributed by atoms with Crippen molar-refractivity contribution in [1.29, 1.82) is 0 Å². The minimum Gasteiger partial charge on any atom is -0.365 e. The molecule has 4 aromatic rings. The van der Waals surface area contributed by atoms with Gasteiger partial charge < -0.3 is 5.32 Å². The molecule has 2 aromatic carbocycles. The van der Waals surface area contributed by atoms with Crippen LogP contribution in [0.25, 0.3) is 16.9 Å². The molecular formula is C26H29N5. The summed E-state index contributed by atoms with van der Waals surface area (Å²) < 4.78 is 1.72. The molecule has 1 fully saturated rings. The fourth-order valence-corrected chi connectivity index (χ4v) is 4.75. The lowest BCUT2D eigenvalue weighted by atomic mass is 9.84. The van der Waals surface area contributed by atoms with E-state index >= 15 is 0 Å². The molecule has 0 bridgehead atoms. The van der Waals surface area contributed by atoms with Crippen molar-refractivity contribution in [3.8, 4) is 5.95 Å². The maximum Gasteiger partial charge on any atom is 0.253 e. The van der Waals surface area contributed by atoms with Crippen LogP contribution in [-0.4, -0.2) is 19.7 Å². The van der Waals surface area contributed by atoms with Crippen LogP contribution < -0.4 is 5.32 Å². The lowest BCUT2D eigenvalue weighted by molar-refractivity contribution is 0.444. The molecule has 0 unspecified atom stereocenters. The smallest absolute Gasteiger partial charge is 0.253 e. The summed E-state index contributed by atoms with van der Waals surface area (Å²) >= 11 is 0. The molecule has 0 spiro atoms. The Labute approximate surface area is 183 Å². The Hall–Kier alpha value is -3.21. The van der Waals surface area contributed by atoms with Gasteiger partial charge >= 0.3 is 0 Å². The van der Waals surface area contributed by atoms with E-state index in [4.69, 9.17) is 9.97 Å². The van der Waals surface area contributed by atoms with Gasteiger partial charge in [0.2, 0.25) is 0 Å². The summed E-state index contributed by atoms with van der Waals surface area (Å²) in [6, 6.07) is 15.1. The summed E-state index contributed by atoms with van der Waals surface area (Å²) in [6.45, 7) is 5.06. The van der Waals surface area contributed by atoms with E-state index in [1.807, 2.05) is 12.3 Å². The highest BCUT2D eigenvalue weighted by atomic mass is 15.3. The van der Waals surface area contributed by atoms with Crippen LogP contribution in [-0.2, 0) is 6.54 Å². The largest absolute Gasteiger partial charge is 0.365 e. The van der Waals surface area contributed by atoms with Crippen molar-refractivity contribution < 1.29 is 0 Å². The summed E-state index contributed by atoms with van der Waals surface area (Å²) in [5.74, 6) is 2.11. The predicted molar refractivity (Wildman–Crippen MR) is 126 cm³/mol. The number of benzene rings is 2. The van der Waals surface area contributed by atoms with Gasteiger partial charge in [0.05, 0.1) is 5.52 Å². The molecule has 5 rings (SSSR count). The van der Waals surface area contributed by atoms with Crippen LogP contribution in [0.15, 0.2) is 54.9 Å². The third kappa shape index (κ3) is 4.05. The fourth-order valence-electron chi connectivity index (χ4n) is 4.75. The summed E-state index contributed by atoms with van der Waals surface area (Å²) in [6.07, 6.45) is 10.2. The van der Waals surface area contributed by atoms with Gasteiger partial charge in [-0.15, -0.1) is 0 Å². The summed E-state index contributed by atoms with van der Waals surface area (Å²) in [5, 5.41) is 9.05. The van der Waals surface area contributed by atoms with Crippen molar-refractivity contribution in [2.24, 2.45) is 0 Å². The second-order valence-electron chi connectivity index (χ2n) is 8.66. The minimum absolute atomic E-state index is 0.590. The summed E-state index contributed by atoms with van der Waals surface area (Å²) in [7, 11) is 0. The zero-order valence-electron chi connectivity index (χ0n) is 18.3. The first kappa shape index (κ1) is 19.7. The number of fused-ring (bicyclic) bond motifs is 1. The Morgan fingerprint density at radius 2 is 1.77 bits per heavy atom. The molecule has 31 heavy (non-hydrogen) atoms. The van der Waals surface area contributed by atoms with E-state index in [0.29, 0.717) is 11.9 Å². The Kier molecular flexibility index (Phi) is 5.41. The quantitative estimate of drug-likeness (QED) is 0.432. The van der Waals surface area contributed by atoms with Crippen LogP contribution >= 0.6 is 0 Å². The van der Waals surface area contributed by atoms with E-state index in [1.165, 1.54) is 54.4 Å². The Bertz CT molecular complexity index is 1170. The maximum atomic E-state index is 4.88. The maximum absolute atomic E-state index is 4.88. The molecule has 0 amide bonds. The van der Waals surface area contributed by atoms with E-state index in [9.17, 15) is 0 Å². The summed E-state index contributed by atoms with van der Waals surface area (Å²) in [5.41, 5.74) is 6.27. The van der Waals surface area contributed by atoms with Crippen molar-refractivity contribution in [3.05, 3.63) is 77.1 Å². The van der Waals surface area contributed by atoms with E-state index in [1.54, 1.807) is 10.9 Å². The molecule has 1 saturated carbocycles. The normalized spacial score (nSPS) is 14.8. The number of nitrogens with one attached hydrogen (secondary N) is 1. The Morgan fingerprint density at radius 1 is 0.968 bits per heavy atom. The third-order valence-electron chi connectivity index (χ3n) is 6.57. The van der Waals surface area contributed by atoms with E-state index in [0.717, 1.165) is 23.3 Å². The Morgan fingerprint density at radius 3 is 2.52 bits per heavy atom. The molecular weight excluding hydrogens is 382 g/mol. The average molecular weight is 412 g/mol.